The van der Waals surface area contributed by atoms with Gasteiger partial charge < -0.3 is 15.9 Å². The van der Waals surface area contributed by atoms with Crippen LogP contribution in [0, 0.1) is 5.41 Å². The van der Waals surface area contributed by atoms with Crippen LogP contribution in [-0.4, -0.2) is 28.0 Å². The Labute approximate surface area is 99.2 Å². The summed E-state index contributed by atoms with van der Waals surface area (Å²) in [6.45, 7) is 0. The number of benzene rings is 1. The molecule has 0 aliphatic heterocycles. The van der Waals surface area contributed by atoms with Crippen molar-refractivity contribution >= 4 is 17.4 Å². The summed E-state index contributed by atoms with van der Waals surface area (Å²) in [5, 5.41) is 26.9. The van der Waals surface area contributed by atoms with Gasteiger partial charge in [-0.3, -0.25) is 5.41 Å². The lowest BCUT2D eigenvalue weighted by Gasteiger charge is -2.19. The standard InChI is InChI=1S/C11H15ClN2O2/c12-6-5-9(15)10(16)7-3-1-2-4-8(7)11(13)14/h1-4,9-10,15-16H,5-6H2,(H3,13,14). The van der Waals surface area contributed by atoms with Crippen molar-refractivity contribution in [3.63, 3.8) is 0 Å². The maximum absolute atomic E-state index is 9.89. The predicted octanol–water partition coefficient (Wildman–Crippen LogP) is 0.994. The molecule has 16 heavy (non-hydrogen) atoms. The number of amidine groups is 1. The Hall–Kier alpha value is -1.10. The van der Waals surface area contributed by atoms with E-state index in [0.717, 1.165) is 0 Å². The van der Waals surface area contributed by atoms with Crippen molar-refractivity contribution in [2.75, 3.05) is 5.88 Å². The molecule has 5 heteroatoms. The molecule has 0 aliphatic carbocycles. The van der Waals surface area contributed by atoms with Crippen LogP contribution in [0.2, 0.25) is 0 Å². The second kappa shape index (κ2) is 5.84. The number of aliphatic hydroxyl groups excluding tert-OH is 2. The molecule has 0 aliphatic rings. The van der Waals surface area contributed by atoms with Crippen LogP contribution in [0.1, 0.15) is 23.7 Å². The topological polar surface area (TPSA) is 90.3 Å². The maximum atomic E-state index is 9.89. The molecule has 1 aromatic carbocycles. The molecule has 0 heterocycles. The molecule has 1 rings (SSSR count). The van der Waals surface area contributed by atoms with Crippen molar-refractivity contribution in [1.29, 1.82) is 5.41 Å². The SMILES string of the molecule is N=C(N)c1ccccc1C(O)C(O)CCCl. The molecule has 0 saturated carbocycles. The van der Waals surface area contributed by atoms with Crippen LogP contribution in [0.3, 0.4) is 0 Å². The van der Waals surface area contributed by atoms with Gasteiger partial charge in [-0.05, 0) is 12.0 Å². The number of nitrogens with one attached hydrogen (secondary N) is 1. The van der Waals surface area contributed by atoms with E-state index in [9.17, 15) is 10.2 Å². The summed E-state index contributed by atoms with van der Waals surface area (Å²) in [4.78, 5) is 0. The van der Waals surface area contributed by atoms with Crippen LogP contribution >= 0.6 is 11.6 Å². The fraction of sp³-hybridized carbons (Fsp3) is 0.364. The van der Waals surface area contributed by atoms with Crippen LogP contribution in [-0.2, 0) is 0 Å². The van der Waals surface area contributed by atoms with E-state index in [1.54, 1.807) is 24.3 Å². The Morgan fingerprint density at radius 3 is 2.56 bits per heavy atom. The van der Waals surface area contributed by atoms with Crippen molar-refractivity contribution in [3.05, 3.63) is 35.4 Å². The zero-order valence-corrected chi connectivity index (χ0v) is 9.48. The van der Waals surface area contributed by atoms with Crippen molar-refractivity contribution in [2.45, 2.75) is 18.6 Å². The number of hydrogen-bond donors (Lipinski definition) is 4. The van der Waals surface area contributed by atoms with Crippen LogP contribution in [0.5, 0.6) is 0 Å². The molecule has 2 atom stereocenters. The fourth-order valence-corrected chi connectivity index (χ4v) is 1.70. The molecule has 0 fully saturated rings. The Balaban J connectivity index is 2.98. The van der Waals surface area contributed by atoms with Gasteiger partial charge in [-0.1, -0.05) is 24.3 Å². The average Bonchev–Trinajstić information content (AvgIpc) is 2.28. The van der Waals surface area contributed by atoms with E-state index in [4.69, 9.17) is 22.7 Å². The molecule has 0 spiro atoms. The summed E-state index contributed by atoms with van der Waals surface area (Å²) < 4.78 is 0. The highest BCUT2D eigenvalue weighted by atomic mass is 35.5. The molecule has 1 aromatic rings. The van der Waals surface area contributed by atoms with Crippen molar-refractivity contribution < 1.29 is 10.2 Å². The Morgan fingerprint density at radius 1 is 1.38 bits per heavy atom. The lowest BCUT2D eigenvalue weighted by Crippen LogP contribution is -2.23. The van der Waals surface area contributed by atoms with Gasteiger partial charge in [0, 0.05) is 11.4 Å². The fourth-order valence-electron chi connectivity index (χ4n) is 1.48. The number of nitrogen functional groups attached to an aromatic ring is 1. The van der Waals surface area contributed by atoms with Crippen molar-refractivity contribution in [3.8, 4) is 0 Å². The number of halogens is 1. The van der Waals surface area contributed by atoms with Gasteiger partial charge in [0.1, 0.15) is 11.9 Å². The Kier molecular flexibility index (Phi) is 4.73. The molecular formula is C11H15ClN2O2. The molecule has 0 amide bonds. The van der Waals surface area contributed by atoms with E-state index in [2.05, 4.69) is 0 Å². The smallest absolute Gasteiger partial charge is 0.123 e. The second-order valence-corrected chi connectivity index (χ2v) is 3.87. The largest absolute Gasteiger partial charge is 0.390 e. The summed E-state index contributed by atoms with van der Waals surface area (Å²) >= 11 is 5.49. The third-order valence-corrected chi connectivity index (χ3v) is 2.56. The van der Waals surface area contributed by atoms with Crippen LogP contribution in [0.4, 0.5) is 0 Å². The molecule has 88 valence electrons. The molecule has 0 saturated heterocycles. The number of alkyl halides is 1. The quantitative estimate of drug-likeness (QED) is 0.353. The summed E-state index contributed by atoms with van der Waals surface area (Å²) in [7, 11) is 0. The highest BCUT2D eigenvalue weighted by Gasteiger charge is 2.20. The van der Waals surface area contributed by atoms with Gasteiger partial charge in [0.05, 0.1) is 6.10 Å². The minimum absolute atomic E-state index is 0.132. The number of nitrogens with two attached hydrogens (primary N) is 1. The maximum Gasteiger partial charge on any atom is 0.123 e. The van der Waals surface area contributed by atoms with Gasteiger partial charge >= 0.3 is 0 Å². The third-order valence-electron chi connectivity index (χ3n) is 2.34. The minimum Gasteiger partial charge on any atom is -0.390 e. The van der Waals surface area contributed by atoms with E-state index in [1.807, 2.05) is 0 Å². The first kappa shape index (κ1) is 13.0. The van der Waals surface area contributed by atoms with Gasteiger partial charge in [0.2, 0.25) is 0 Å². The van der Waals surface area contributed by atoms with Gasteiger partial charge in [0.15, 0.2) is 0 Å². The average molecular weight is 243 g/mol. The first-order valence-electron chi connectivity index (χ1n) is 4.93. The Bertz CT molecular complexity index is 371. The number of hydrogen-bond acceptors (Lipinski definition) is 3. The van der Waals surface area contributed by atoms with Crippen molar-refractivity contribution in [2.24, 2.45) is 5.73 Å². The molecule has 0 bridgehead atoms. The summed E-state index contributed by atoms with van der Waals surface area (Å²) in [6.07, 6.45) is -1.73. The van der Waals surface area contributed by atoms with Crippen LogP contribution < -0.4 is 5.73 Å². The first-order valence-corrected chi connectivity index (χ1v) is 5.46. The molecule has 5 N–H and O–H groups in total. The molecule has 4 nitrogen and oxygen atoms in total. The summed E-state index contributed by atoms with van der Waals surface area (Å²) in [5.41, 5.74) is 6.28. The normalized spacial score (nSPS) is 14.4. The lowest BCUT2D eigenvalue weighted by atomic mass is 9.97. The van der Waals surface area contributed by atoms with E-state index < -0.39 is 12.2 Å². The molecular weight excluding hydrogens is 228 g/mol. The molecule has 0 radical (unpaired) electrons. The van der Waals surface area contributed by atoms with Crippen LogP contribution in [0.15, 0.2) is 24.3 Å². The monoisotopic (exact) mass is 242 g/mol. The number of rotatable bonds is 5. The third kappa shape index (κ3) is 2.95. The van der Waals surface area contributed by atoms with Crippen LogP contribution in [0.25, 0.3) is 0 Å². The summed E-state index contributed by atoms with van der Waals surface area (Å²) in [6, 6.07) is 6.71. The Morgan fingerprint density at radius 2 is 2.00 bits per heavy atom. The molecule has 0 aromatic heterocycles. The highest BCUT2D eigenvalue weighted by molar-refractivity contribution is 6.17. The van der Waals surface area contributed by atoms with E-state index >= 15 is 0 Å². The first-order chi connectivity index (χ1) is 7.57. The minimum atomic E-state index is -1.07. The van der Waals surface area contributed by atoms with E-state index in [-0.39, 0.29) is 18.1 Å². The van der Waals surface area contributed by atoms with Gasteiger partial charge in [-0.2, -0.15) is 0 Å². The van der Waals surface area contributed by atoms with E-state index in [1.165, 1.54) is 0 Å². The summed E-state index contributed by atoms with van der Waals surface area (Å²) in [5.74, 6) is 0.133. The zero-order valence-electron chi connectivity index (χ0n) is 8.73. The second-order valence-electron chi connectivity index (χ2n) is 3.49. The van der Waals surface area contributed by atoms with Gasteiger partial charge in [0.25, 0.3) is 0 Å². The van der Waals surface area contributed by atoms with Gasteiger partial charge in [-0.15, -0.1) is 11.6 Å². The predicted molar refractivity (Wildman–Crippen MR) is 63.8 cm³/mol. The van der Waals surface area contributed by atoms with E-state index in [0.29, 0.717) is 11.1 Å². The number of aliphatic hydroxyl groups is 2. The van der Waals surface area contributed by atoms with Crippen molar-refractivity contribution in [1.82, 2.24) is 0 Å². The lowest BCUT2D eigenvalue weighted by molar-refractivity contribution is 0.0169. The molecule has 2 unspecified atom stereocenters. The van der Waals surface area contributed by atoms with Gasteiger partial charge in [-0.25, -0.2) is 0 Å². The highest BCUT2D eigenvalue weighted by Crippen LogP contribution is 2.22. The zero-order chi connectivity index (χ0) is 12.1.